The number of rotatable bonds is 7. The summed E-state index contributed by atoms with van der Waals surface area (Å²) in [6.45, 7) is 5.66. The Morgan fingerprint density at radius 3 is 2.50 bits per heavy atom. The molecule has 3 heteroatoms. The van der Waals surface area contributed by atoms with Gasteiger partial charge in [0.25, 0.3) is 0 Å². The highest BCUT2D eigenvalue weighted by Gasteiger charge is 2.21. The third kappa shape index (κ3) is 4.61. The number of hydrogen-bond donors (Lipinski definition) is 2. The molecule has 0 aromatic carbocycles. The minimum atomic E-state index is 0.142. The number of carbonyl (C=O) groups excluding carboxylic acids is 1. The summed E-state index contributed by atoms with van der Waals surface area (Å²) in [6.07, 6.45) is 4.76. The van der Waals surface area contributed by atoms with Crippen LogP contribution in [-0.4, -0.2) is 25.0 Å². The van der Waals surface area contributed by atoms with E-state index in [1.807, 2.05) is 0 Å². The maximum atomic E-state index is 11.3. The van der Waals surface area contributed by atoms with Gasteiger partial charge in [-0.1, -0.05) is 26.7 Å². The third-order valence-corrected chi connectivity index (χ3v) is 2.87. The van der Waals surface area contributed by atoms with Crippen molar-refractivity contribution in [1.82, 2.24) is 10.6 Å². The first-order chi connectivity index (χ1) is 6.76. The minimum absolute atomic E-state index is 0.142. The van der Waals surface area contributed by atoms with E-state index in [4.69, 9.17) is 0 Å². The quantitative estimate of drug-likeness (QED) is 0.647. The van der Waals surface area contributed by atoms with E-state index in [0.717, 1.165) is 19.4 Å². The Morgan fingerprint density at radius 2 is 2.00 bits per heavy atom. The maximum absolute atomic E-state index is 11.3. The lowest BCUT2D eigenvalue weighted by atomic mass is 10.0. The molecule has 0 spiro atoms. The van der Waals surface area contributed by atoms with Crippen LogP contribution in [0.2, 0.25) is 0 Å². The number of nitrogens with one attached hydrogen (secondary N) is 2. The van der Waals surface area contributed by atoms with Crippen molar-refractivity contribution >= 4 is 5.91 Å². The fraction of sp³-hybridized carbons (Fsp3) is 0.909. The van der Waals surface area contributed by atoms with E-state index in [0.29, 0.717) is 18.5 Å². The van der Waals surface area contributed by atoms with Gasteiger partial charge >= 0.3 is 0 Å². The summed E-state index contributed by atoms with van der Waals surface area (Å²) < 4.78 is 0. The van der Waals surface area contributed by atoms with Crippen molar-refractivity contribution in [3.05, 3.63) is 0 Å². The van der Waals surface area contributed by atoms with Crippen LogP contribution >= 0.6 is 0 Å². The molecule has 1 saturated carbocycles. The number of carbonyl (C=O) groups is 1. The highest BCUT2D eigenvalue weighted by molar-refractivity contribution is 5.78. The summed E-state index contributed by atoms with van der Waals surface area (Å²) in [6, 6.07) is 0.619. The molecule has 0 saturated heterocycles. The van der Waals surface area contributed by atoms with Gasteiger partial charge in [-0.3, -0.25) is 4.79 Å². The Bertz CT molecular complexity index is 174. The van der Waals surface area contributed by atoms with Crippen LogP contribution in [0.25, 0.3) is 0 Å². The molecule has 0 radical (unpaired) electrons. The molecular formula is C11H22N2O. The van der Waals surface area contributed by atoms with Gasteiger partial charge in [-0.15, -0.1) is 0 Å². The lowest BCUT2D eigenvalue weighted by molar-refractivity contribution is -0.120. The molecule has 0 aromatic rings. The van der Waals surface area contributed by atoms with Gasteiger partial charge in [0.05, 0.1) is 6.54 Å². The Morgan fingerprint density at radius 1 is 1.36 bits per heavy atom. The number of hydrogen-bond acceptors (Lipinski definition) is 2. The molecule has 1 aliphatic carbocycles. The first-order valence-corrected chi connectivity index (χ1v) is 5.76. The molecule has 0 aliphatic heterocycles. The summed E-state index contributed by atoms with van der Waals surface area (Å²) in [4.78, 5) is 11.3. The van der Waals surface area contributed by atoms with Gasteiger partial charge in [0.15, 0.2) is 0 Å². The zero-order valence-electron chi connectivity index (χ0n) is 9.31. The first-order valence-electron chi connectivity index (χ1n) is 5.76. The maximum Gasteiger partial charge on any atom is 0.233 e. The molecule has 0 atom stereocenters. The van der Waals surface area contributed by atoms with Gasteiger partial charge in [0.2, 0.25) is 5.91 Å². The van der Waals surface area contributed by atoms with E-state index >= 15 is 0 Å². The summed E-state index contributed by atoms with van der Waals surface area (Å²) in [7, 11) is 0. The largest absolute Gasteiger partial charge is 0.355 e. The average Bonchev–Trinajstić information content (AvgIpc) is 3.00. The minimum Gasteiger partial charge on any atom is -0.355 e. The van der Waals surface area contributed by atoms with Gasteiger partial charge in [0, 0.05) is 12.6 Å². The van der Waals surface area contributed by atoms with Crippen molar-refractivity contribution in [2.75, 3.05) is 13.1 Å². The van der Waals surface area contributed by atoms with Gasteiger partial charge in [-0.25, -0.2) is 0 Å². The Labute approximate surface area is 86.6 Å². The molecule has 14 heavy (non-hydrogen) atoms. The summed E-state index contributed by atoms with van der Waals surface area (Å²) >= 11 is 0. The SMILES string of the molecule is CCC(CC)CNC(=O)CNC1CC1. The van der Waals surface area contributed by atoms with E-state index in [9.17, 15) is 4.79 Å². The monoisotopic (exact) mass is 198 g/mol. The van der Waals surface area contributed by atoms with E-state index in [1.54, 1.807) is 0 Å². The topological polar surface area (TPSA) is 41.1 Å². The van der Waals surface area contributed by atoms with Crippen LogP contribution < -0.4 is 10.6 Å². The van der Waals surface area contributed by atoms with Crippen LogP contribution in [0, 0.1) is 5.92 Å². The van der Waals surface area contributed by atoms with Crippen molar-refractivity contribution in [3.8, 4) is 0 Å². The fourth-order valence-corrected chi connectivity index (χ4v) is 1.42. The Balaban J connectivity index is 2.00. The normalized spacial score (nSPS) is 15.9. The Hall–Kier alpha value is -0.570. The zero-order chi connectivity index (χ0) is 10.4. The highest BCUT2D eigenvalue weighted by Crippen LogP contribution is 2.17. The lowest BCUT2D eigenvalue weighted by Crippen LogP contribution is -2.37. The molecular weight excluding hydrogens is 176 g/mol. The third-order valence-electron chi connectivity index (χ3n) is 2.87. The lowest BCUT2D eigenvalue weighted by Gasteiger charge is -2.13. The molecule has 0 heterocycles. The van der Waals surface area contributed by atoms with Gasteiger partial charge in [-0.2, -0.15) is 0 Å². The predicted octanol–water partition coefficient (Wildman–Crippen LogP) is 1.29. The van der Waals surface area contributed by atoms with Gasteiger partial charge < -0.3 is 10.6 Å². The van der Waals surface area contributed by atoms with Gasteiger partial charge in [-0.05, 0) is 18.8 Å². The molecule has 3 nitrogen and oxygen atoms in total. The standard InChI is InChI=1S/C11H22N2O/c1-3-9(4-2)7-13-11(14)8-12-10-5-6-10/h9-10,12H,3-8H2,1-2H3,(H,13,14). The molecule has 2 N–H and O–H groups in total. The molecule has 0 unspecified atom stereocenters. The van der Waals surface area contributed by atoms with Crippen LogP contribution in [-0.2, 0) is 4.79 Å². The molecule has 82 valence electrons. The van der Waals surface area contributed by atoms with Crippen molar-refractivity contribution in [1.29, 1.82) is 0 Å². The summed E-state index contributed by atoms with van der Waals surface area (Å²) in [5.74, 6) is 0.781. The first kappa shape index (κ1) is 11.5. The van der Waals surface area contributed by atoms with Crippen molar-refractivity contribution in [3.63, 3.8) is 0 Å². The smallest absolute Gasteiger partial charge is 0.233 e. The van der Waals surface area contributed by atoms with Crippen LogP contribution in [0.1, 0.15) is 39.5 Å². The van der Waals surface area contributed by atoms with Crippen LogP contribution in [0.5, 0.6) is 0 Å². The molecule has 1 fully saturated rings. The second-order valence-electron chi connectivity index (χ2n) is 4.14. The van der Waals surface area contributed by atoms with Crippen molar-refractivity contribution in [2.45, 2.75) is 45.6 Å². The zero-order valence-corrected chi connectivity index (χ0v) is 9.31. The second-order valence-corrected chi connectivity index (χ2v) is 4.14. The number of amides is 1. The molecule has 1 aliphatic rings. The van der Waals surface area contributed by atoms with Crippen LogP contribution in [0.15, 0.2) is 0 Å². The molecule has 0 bridgehead atoms. The molecule has 1 amide bonds. The van der Waals surface area contributed by atoms with Crippen LogP contribution in [0.4, 0.5) is 0 Å². The fourth-order valence-electron chi connectivity index (χ4n) is 1.42. The summed E-state index contributed by atoms with van der Waals surface area (Å²) in [5.41, 5.74) is 0. The van der Waals surface area contributed by atoms with E-state index in [-0.39, 0.29) is 5.91 Å². The molecule has 1 rings (SSSR count). The van der Waals surface area contributed by atoms with Crippen molar-refractivity contribution < 1.29 is 4.79 Å². The Kier molecular flexibility index (Phi) is 4.94. The van der Waals surface area contributed by atoms with E-state index in [1.165, 1.54) is 12.8 Å². The molecule has 0 aromatic heterocycles. The van der Waals surface area contributed by atoms with Crippen molar-refractivity contribution in [2.24, 2.45) is 5.92 Å². The second kappa shape index (κ2) is 6.02. The van der Waals surface area contributed by atoms with E-state index < -0.39 is 0 Å². The van der Waals surface area contributed by atoms with Crippen LogP contribution in [0.3, 0.4) is 0 Å². The van der Waals surface area contributed by atoms with E-state index in [2.05, 4.69) is 24.5 Å². The average molecular weight is 198 g/mol. The van der Waals surface area contributed by atoms with Gasteiger partial charge in [0.1, 0.15) is 0 Å². The summed E-state index contributed by atoms with van der Waals surface area (Å²) in [5, 5.41) is 6.17. The highest BCUT2D eigenvalue weighted by atomic mass is 16.1. The predicted molar refractivity (Wildman–Crippen MR) is 58.1 cm³/mol.